The van der Waals surface area contributed by atoms with E-state index in [2.05, 4.69) is 75.3 Å². The molecular formula is C18H24N2. The SMILES string of the molecule is Cc1ccc(C(c2ccc(CN)cc2)N(C)C)c(C)c1. The van der Waals surface area contributed by atoms with Gasteiger partial charge in [-0.25, -0.2) is 0 Å². The molecule has 0 amide bonds. The van der Waals surface area contributed by atoms with Crippen molar-refractivity contribution in [2.24, 2.45) is 5.73 Å². The fourth-order valence-electron chi connectivity index (χ4n) is 2.72. The van der Waals surface area contributed by atoms with Crippen LogP contribution in [0.15, 0.2) is 42.5 Å². The van der Waals surface area contributed by atoms with Crippen molar-refractivity contribution >= 4 is 0 Å². The van der Waals surface area contributed by atoms with E-state index >= 15 is 0 Å². The molecule has 0 aromatic heterocycles. The zero-order chi connectivity index (χ0) is 14.7. The molecule has 1 atom stereocenters. The minimum absolute atomic E-state index is 0.280. The summed E-state index contributed by atoms with van der Waals surface area (Å²) >= 11 is 0. The summed E-state index contributed by atoms with van der Waals surface area (Å²) in [5, 5.41) is 0. The van der Waals surface area contributed by atoms with E-state index in [1.807, 2.05) is 0 Å². The minimum Gasteiger partial charge on any atom is -0.326 e. The smallest absolute Gasteiger partial charge is 0.0599 e. The Morgan fingerprint density at radius 3 is 2.15 bits per heavy atom. The molecule has 106 valence electrons. The lowest BCUT2D eigenvalue weighted by atomic mass is 9.92. The first-order valence-electron chi connectivity index (χ1n) is 7.05. The van der Waals surface area contributed by atoms with E-state index < -0.39 is 0 Å². The second kappa shape index (κ2) is 6.21. The average Bonchev–Trinajstić information content (AvgIpc) is 2.42. The van der Waals surface area contributed by atoms with E-state index in [0.29, 0.717) is 6.54 Å². The summed E-state index contributed by atoms with van der Waals surface area (Å²) < 4.78 is 0. The topological polar surface area (TPSA) is 29.3 Å². The Morgan fingerprint density at radius 1 is 1.00 bits per heavy atom. The van der Waals surface area contributed by atoms with Crippen LogP contribution in [-0.4, -0.2) is 19.0 Å². The summed E-state index contributed by atoms with van der Waals surface area (Å²) in [4.78, 5) is 2.26. The van der Waals surface area contributed by atoms with Crippen molar-refractivity contribution in [3.05, 3.63) is 70.3 Å². The second-order valence-electron chi connectivity index (χ2n) is 5.67. The average molecular weight is 268 g/mol. The zero-order valence-electron chi connectivity index (χ0n) is 12.9. The summed E-state index contributed by atoms with van der Waals surface area (Å²) in [6.45, 7) is 4.92. The van der Waals surface area contributed by atoms with E-state index in [-0.39, 0.29) is 6.04 Å². The molecule has 0 radical (unpaired) electrons. The van der Waals surface area contributed by atoms with Crippen LogP contribution in [0.4, 0.5) is 0 Å². The highest BCUT2D eigenvalue weighted by molar-refractivity contribution is 5.39. The van der Waals surface area contributed by atoms with Crippen molar-refractivity contribution in [2.45, 2.75) is 26.4 Å². The van der Waals surface area contributed by atoms with Gasteiger partial charge in [-0.05, 0) is 50.2 Å². The number of hydrogen-bond acceptors (Lipinski definition) is 2. The van der Waals surface area contributed by atoms with Gasteiger partial charge in [-0.3, -0.25) is 4.90 Å². The molecule has 2 aromatic carbocycles. The maximum atomic E-state index is 5.68. The zero-order valence-corrected chi connectivity index (χ0v) is 12.9. The lowest BCUT2D eigenvalue weighted by Crippen LogP contribution is -2.22. The Bertz CT molecular complexity index is 570. The lowest BCUT2D eigenvalue weighted by molar-refractivity contribution is 0.341. The summed E-state index contributed by atoms with van der Waals surface area (Å²) in [5.41, 5.74) is 12.2. The molecule has 2 heteroatoms. The number of hydrogen-bond donors (Lipinski definition) is 1. The Labute approximate surface area is 122 Å². The molecule has 2 N–H and O–H groups in total. The van der Waals surface area contributed by atoms with Crippen molar-refractivity contribution in [1.82, 2.24) is 4.90 Å². The van der Waals surface area contributed by atoms with Gasteiger partial charge in [-0.2, -0.15) is 0 Å². The van der Waals surface area contributed by atoms with Crippen LogP contribution in [-0.2, 0) is 6.54 Å². The number of rotatable bonds is 4. The van der Waals surface area contributed by atoms with Gasteiger partial charge in [-0.1, -0.05) is 48.0 Å². The largest absolute Gasteiger partial charge is 0.326 e. The van der Waals surface area contributed by atoms with Crippen molar-refractivity contribution in [3.63, 3.8) is 0 Å². The quantitative estimate of drug-likeness (QED) is 0.920. The summed E-state index contributed by atoms with van der Waals surface area (Å²) in [6, 6.07) is 15.6. The van der Waals surface area contributed by atoms with E-state index in [0.717, 1.165) is 0 Å². The standard InChI is InChI=1S/C18H24N2/c1-13-5-10-17(14(2)11-13)18(20(3)4)16-8-6-15(12-19)7-9-16/h5-11,18H,12,19H2,1-4H3. The molecule has 0 aliphatic carbocycles. The summed E-state index contributed by atoms with van der Waals surface area (Å²) in [7, 11) is 4.25. The van der Waals surface area contributed by atoms with Gasteiger partial charge in [0.05, 0.1) is 6.04 Å². The van der Waals surface area contributed by atoms with E-state index in [4.69, 9.17) is 5.73 Å². The van der Waals surface area contributed by atoms with Gasteiger partial charge in [0.25, 0.3) is 0 Å². The molecular weight excluding hydrogens is 244 g/mol. The van der Waals surface area contributed by atoms with Crippen LogP contribution in [0, 0.1) is 13.8 Å². The molecule has 2 nitrogen and oxygen atoms in total. The van der Waals surface area contributed by atoms with Crippen molar-refractivity contribution < 1.29 is 0 Å². The molecule has 0 heterocycles. The van der Waals surface area contributed by atoms with Crippen LogP contribution in [0.5, 0.6) is 0 Å². The van der Waals surface area contributed by atoms with Gasteiger partial charge in [0.2, 0.25) is 0 Å². The fourth-order valence-corrected chi connectivity index (χ4v) is 2.72. The van der Waals surface area contributed by atoms with Crippen molar-refractivity contribution in [2.75, 3.05) is 14.1 Å². The molecule has 2 rings (SSSR count). The molecule has 20 heavy (non-hydrogen) atoms. The first-order valence-corrected chi connectivity index (χ1v) is 7.05. The Hall–Kier alpha value is -1.64. The van der Waals surface area contributed by atoms with Crippen LogP contribution >= 0.6 is 0 Å². The molecule has 0 saturated carbocycles. The predicted molar refractivity (Wildman–Crippen MR) is 85.8 cm³/mol. The van der Waals surface area contributed by atoms with E-state index in [9.17, 15) is 0 Å². The van der Waals surface area contributed by atoms with Gasteiger partial charge < -0.3 is 5.73 Å². The van der Waals surface area contributed by atoms with Crippen LogP contribution in [0.2, 0.25) is 0 Å². The number of nitrogens with two attached hydrogens (primary N) is 1. The Kier molecular flexibility index (Phi) is 4.58. The van der Waals surface area contributed by atoms with Gasteiger partial charge in [0.15, 0.2) is 0 Å². The molecule has 1 unspecified atom stereocenters. The minimum atomic E-state index is 0.280. The number of aryl methyl sites for hydroxylation is 2. The number of nitrogens with zero attached hydrogens (tertiary/aromatic N) is 1. The summed E-state index contributed by atoms with van der Waals surface area (Å²) in [5.74, 6) is 0. The Morgan fingerprint density at radius 2 is 1.65 bits per heavy atom. The fraction of sp³-hybridized carbons (Fsp3) is 0.333. The number of benzene rings is 2. The highest BCUT2D eigenvalue weighted by Crippen LogP contribution is 2.29. The third-order valence-corrected chi connectivity index (χ3v) is 3.77. The van der Waals surface area contributed by atoms with Crippen LogP contribution < -0.4 is 5.73 Å². The van der Waals surface area contributed by atoms with Crippen LogP contribution in [0.1, 0.15) is 33.9 Å². The highest BCUT2D eigenvalue weighted by Gasteiger charge is 2.18. The first kappa shape index (κ1) is 14.8. The van der Waals surface area contributed by atoms with Crippen LogP contribution in [0.3, 0.4) is 0 Å². The maximum absolute atomic E-state index is 5.68. The monoisotopic (exact) mass is 268 g/mol. The lowest BCUT2D eigenvalue weighted by Gasteiger charge is -2.27. The molecule has 0 aliphatic heterocycles. The first-order chi connectivity index (χ1) is 9.52. The van der Waals surface area contributed by atoms with Crippen LogP contribution in [0.25, 0.3) is 0 Å². The second-order valence-corrected chi connectivity index (χ2v) is 5.67. The summed E-state index contributed by atoms with van der Waals surface area (Å²) in [6.07, 6.45) is 0. The Balaban J connectivity index is 2.44. The molecule has 0 spiro atoms. The van der Waals surface area contributed by atoms with E-state index in [1.54, 1.807) is 0 Å². The molecule has 0 saturated heterocycles. The molecule has 0 fully saturated rings. The molecule has 2 aromatic rings. The molecule has 0 aliphatic rings. The predicted octanol–water partition coefficient (Wildman–Crippen LogP) is 3.41. The van der Waals surface area contributed by atoms with Gasteiger partial charge in [-0.15, -0.1) is 0 Å². The maximum Gasteiger partial charge on any atom is 0.0599 e. The van der Waals surface area contributed by atoms with Gasteiger partial charge in [0, 0.05) is 6.54 Å². The normalized spacial score (nSPS) is 12.7. The van der Waals surface area contributed by atoms with E-state index in [1.165, 1.54) is 27.8 Å². The molecule has 0 bridgehead atoms. The third-order valence-electron chi connectivity index (χ3n) is 3.77. The van der Waals surface area contributed by atoms with Crippen molar-refractivity contribution in [3.8, 4) is 0 Å². The highest BCUT2D eigenvalue weighted by atomic mass is 15.1. The van der Waals surface area contributed by atoms with Crippen molar-refractivity contribution in [1.29, 1.82) is 0 Å². The van der Waals surface area contributed by atoms with Gasteiger partial charge >= 0.3 is 0 Å². The third kappa shape index (κ3) is 3.09. The van der Waals surface area contributed by atoms with Gasteiger partial charge in [0.1, 0.15) is 0 Å².